The van der Waals surface area contributed by atoms with Gasteiger partial charge in [-0.2, -0.15) is 0 Å². The Labute approximate surface area is 166 Å². The van der Waals surface area contributed by atoms with Gasteiger partial charge < -0.3 is 19.2 Å². The summed E-state index contributed by atoms with van der Waals surface area (Å²) in [6, 6.07) is 12.2. The minimum absolute atomic E-state index is 0.166. The van der Waals surface area contributed by atoms with Gasteiger partial charge >= 0.3 is 0 Å². The van der Waals surface area contributed by atoms with E-state index in [1.54, 1.807) is 50.6 Å². The van der Waals surface area contributed by atoms with Crippen LogP contribution in [0.5, 0.6) is 11.5 Å². The van der Waals surface area contributed by atoms with E-state index in [1.807, 2.05) is 12.1 Å². The third-order valence-electron chi connectivity index (χ3n) is 3.90. The molecule has 0 saturated heterocycles. The zero-order valence-corrected chi connectivity index (χ0v) is 16.2. The largest absolute Gasteiger partial charge is 0.493 e. The molecule has 0 radical (unpaired) electrons. The van der Waals surface area contributed by atoms with E-state index in [4.69, 9.17) is 13.9 Å². The summed E-state index contributed by atoms with van der Waals surface area (Å²) in [5.74, 6) is 1.12. The van der Waals surface area contributed by atoms with Crippen LogP contribution in [0.4, 0.5) is 0 Å². The molecule has 6 nitrogen and oxygen atoms in total. The minimum Gasteiger partial charge on any atom is -0.493 e. The lowest BCUT2D eigenvalue weighted by molar-refractivity contribution is -0.116. The van der Waals surface area contributed by atoms with Crippen molar-refractivity contribution in [3.8, 4) is 11.5 Å². The van der Waals surface area contributed by atoms with Gasteiger partial charge in [-0.1, -0.05) is 6.07 Å². The van der Waals surface area contributed by atoms with Crippen LogP contribution < -0.4 is 14.8 Å². The topological polar surface area (TPSA) is 77.8 Å². The maximum Gasteiger partial charge on any atom is 0.244 e. The molecule has 0 aliphatic carbocycles. The van der Waals surface area contributed by atoms with Gasteiger partial charge in [-0.15, -0.1) is 11.3 Å². The lowest BCUT2D eigenvalue weighted by Gasteiger charge is -2.07. The van der Waals surface area contributed by atoms with Crippen molar-refractivity contribution in [3.63, 3.8) is 0 Å². The molecule has 0 atom stereocenters. The molecule has 0 unspecified atom stereocenters. The molecule has 0 fully saturated rings. The molecular weight excluding hydrogens is 378 g/mol. The molecule has 0 aliphatic rings. The first kappa shape index (κ1) is 19.4. The lowest BCUT2D eigenvalue weighted by atomic mass is 10.2. The number of amides is 1. The number of hydrogen-bond donors (Lipinski definition) is 1. The van der Waals surface area contributed by atoms with Crippen LogP contribution in [-0.2, 0) is 11.3 Å². The van der Waals surface area contributed by atoms with Crippen molar-refractivity contribution in [3.05, 3.63) is 75.9 Å². The number of furan rings is 1. The maximum atomic E-state index is 12.2. The van der Waals surface area contributed by atoms with Gasteiger partial charge in [0.15, 0.2) is 17.3 Å². The van der Waals surface area contributed by atoms with Crippen LogP contribution in [0.15, 0.2) is 59.2 Å². The number of hydrogen-bond acceptors (Lipinski definition) is 6. The first-order chi connectivity index (χ1) is 13.6. The van der Waals surface area contributed by atoms with Crippen LogP contribution in [0.3, 0.4) is 0 Å². The van der Waals surface area contributed by atoms with Gasteiger partial charge in [-0.25, -0.2) is 0 Å². The summed E-state index contributed by atoms with van der Waals surface area (Å²) in [6.07, 6.45) is 4.61. The molecule has 1 N–H and O–H groups in total. The first-order valence-electron chi connectivity index (χ1n) is 8.45. The number of ketones is 1. The number of methoxy groups -OCH3 is 2. The molecule has 3 aromatic rings. The van der Waals surface area contributed by atoms with E-state index in [0.29, 0.717) is 28.7 Å². The monoisotopic (exact) mass is 397 g/mol. The summed E-state index contributed by atoms with van der Waals surface area (Å²) in [6.45, 7) is 0.339. The molecule has 28 heavy (non-hydrogen) atoms. The number of benzene rings is 1. The molecule has 2 aromatic heterocycles. The summed E-state index contributed by atoms with van der Waals surface area (Å²) in [4.78, 5) is 25.7. The Morgan fingerprint density at radius 1 is 1.11 bits per heavy atom. The lowest BCUT2D eigenvalue weighted by Crippen LogP contribution is -2.19. The van der Waals surface area contributed by atoms with E-state index in [0.717, 1.165) is 10.4 Å². The molecule has 0 saturated carbocycles. The van der Waals surface area contributed by atoms with Gasteiger partial charge in [0.2, 0.25) is 11.7 Å². The Balaban J connectivity index is 1.56. The molecule has 144 valence electrons. The van der Waals surface area contributed by atoms with Crippen LogP contribution >= 0.6 is 11.3 Å². The maximum absolute atomic E-state index is 12.2. The number of rotatable bonds is 8. The van der Waals surface area contributed by atoms with Crippen molar-refractivity contribution in [2.24, 2.45) is 0 Å². The number of carbonyl (C=O) groups is 2. The zero-order valence-electron chi connectivity index (χ0n) is 15.4. The molecule has 1 amide bonds. The van der Waals surface area contributed by atoms with Crippen LogP contribution in [0.25, 0.3) is 6.08 Å². The second-order valence-electron chi connectivity index (χ2n) is 5.74. The first-order valence-corrected chi connectivity index (χ1v) is 9.27. The van der Waals surface area contributed by atoms with Crippen molar-refractivity contribution in [1.82, 2.24) is 5.32 Å². The Morgan fingerprint density at radius 3 is 2.64 bits per heavy atom. The Hall–Kier alpha value is -3.32. The molecule has 3 rings (SSSR count). The third kappa shape index (κ3) is 4.69. The highest BCUT2D eigenvalue weighted by Gasteiger charge is 2.14. The summed E-state index contributed by atoms with van der Waals surface area (Å²) in [5.41, 5.74) is 0.815. The summed E-state index contributed by atoms with van der Waals surface area (Å²) < 4.78 is 15.6. The predicted molar refractivity (Wildman–Crippen MR) is 107 cm³/mol. The van der Waals surface area contributed by atoms with Crippen LogP contribution in [-0.4, -0.2) is 25.9 Å². The fourth-order valence-corrected chi connectivity index (χ4v) is 3.38. The van der Waals surface area contributed by atoms with E-state index < -0.39 is 0 Å². The van der Waals surface area contributed by atoms with E-state index in [2.05, 4.69) is 5.32 Å². The quantitative estimate of drug-likeness (QED) is 0.460. The second-order valence-corrected chi connectivity index (χ2v) is 6.91. The molecule has 7 heteroatoms. The van der Waals surface area contributed by atoms with Gasteiger partial charge in [0.25, 0.3) is 0 Å². The average molecular weight is 397 g/mol. The van der Waals surface area contributed by atoms with Gasteiger partial charge in [0.05, 0.1) is 31.9 Å². The number of carbonyl (C=O) groups excluding carboxylic acids is 2. The zero-order chi connectivity index (χ0) is 19.9. The van der Waals surface area contributed by atoms with Crippen molar-refractivity contribution >= 4 is 29.1 Å². The predicted octanol–water partition coefficient (Wildman–Crippen LogP) is 3.92. The van der Waals surface area contributed by atoms with Gasteiger partial charge in [-0.3, -0.25) is 9.59 Å². The van der Waals surface area contributed by atoms with Crippen molar-refractivity contribution in [1.29, 1.82) is 0 Å². The normalized spacial score (nSPS) is 10.8. The fraction of sp³-hybridized carbons (Fsp3) is 0.143. The second kappa shape index (κ2) is 9.05. The van der Waals surface area contributed by atoms with E-state index in [1.165, 1.54) is 23.7 Å². The molecule has 0 bridgehead atoms. The summed E-state index contributed by atoms with van der Waals surface area (Å²) in [7, 11) is 3.13. The molecule has 0 spiro atoms. The minimum atomic E-state index is -0.234. The molecule has 1 aromatic carbocycles. The van der Waals surface area contributed by atoms with Crippen molar-refractivity contribution < 1.29 is 23.5 Å². The van der Waals surface area contributed by atoms with Crippen LogP contribution in [0.2, 0.25) is 0 Å². The standard InChI is InChI=1S/C21H19NO5S/c1-25-16-8-5-14(12-18(16)26-2)6-10-20(23)22-13-15-7-9-19(28-15)21(24)17-4-3-11-27-17/h3-12H,13H2,1-2H3,(H,22,23)/b10-6+. The van der Waals surface area contributed by atoms with E-state index >= 15 is 0 Å². The fourth-order valence-electron chi connectivity index (χ4n) is 2.49. The number of nitrogens with one attached hydrogen (secondary N) is 1. The van der Waals surface area contributed by atoms with Crippen molar-refractivity contribution in [2.75, 3.05) is 14.2 Å². The van der Waals surface area contributed by atoms with Gasteiger partial charge in [-0.05, 0) is 48.0 Å². The third-order valence-corrected chi connectivity index (χ3v) is 4.99. The molecule has 2 heterocycles. The summed E-state index contributed by atoms with van der Waals surface area (Å²) in [5, 5.41) is 2.80. The van der Waals surface area contributed by atoms with E-state index in [-0.39, 0.29) is 11.7 Å². The Bertz CT molecular complexity index is 988. The summed E-state index contributed by atoms with van der Waals surface area (Å²) >= 11 is 1.33. The SMILES string of the molecule is COc1ccc(/C=C/C(=O)NCc2ccc(C(=O)c3ccco3)s2)cc1OC. The van der Waals surface area contributed by atoms with E-state index in [9.17, 15) is 9.59 Å². The Morgan fingerprint density at radius 2 is 1.93 bits per heavy atom. The smallest absolute Gasteiger partial charge is 0.244 e. The highest BCUT2D eigenvalue weighted by Crippen LogP contribution is 2.28. The number of thiophene rings is 1. The highest BCUT2D eigenvalue weighted by molar-refractivity contribution is 7.14. The Kier molecular flexibility index (Phi) is 6.29. The molecule has 0 aliphatic heterocycles. The molecular formula is C21H19NO5S. The van der Waals surface area contributed by atoms with Gasteiger partial charge in [0.1, 0.15) is 0 Å². The van der Waals surface area contributed by atoms with Crippen LogP contribution in [0.1, 0.15) is 25.9 Å². The highest BCUT2D eigenvalue weighted by atomic mass is 32.1. The van der Waals surface area contributed by atoms with Crippen molar-refractivity contribution in [2.45, 2.75) is 6.54 Å². The van der Waals surface area contributed by atoms with Gasteiger partial charge in [0, 0.05) is 11.0 Å². The number of ether oxygens (including phenoxy) is 2. The van der Waals surface area contributed by atoms with Crippen LogP contribution in [0, 0.1) is 0 Å². The average Bonchev–Trinajstić information content (AvgIpc) is 3.42.